The van der Waals surface area contributed by atoms with Gasteiger partial charge < -0.3 is 5.32 Å². The zero-order chi connectivity index (χ0) is 14.5. The summed E-state index contributed by atoms with van der Waals surface area (Å²) in [5.41, 5.74) is 3.94. The lowest BCUT2D eigenvalue weighted by Gasteiger charge is -2.10. The van der Waals surface area contributed by atoms with E-state index in [0.29, 0.717) is 0 Å². The lowest BCUT2D eigenvalue weighted by molar-refractivity contribution is 0.726. The van der Waals surface area contributed by atoms with Crippen LogP contribution in [-0.2, 0) is 6.54 Å². The third-order valence-corrected chi connectivity index (χ3v) is 5.29. The van der Waals surface area contributed by atoms with E-state index in [1.54, 1.807) is 0 Å². The second-order valence-corrected chi connectivity index (χ2v) is 6.85. The zero-order valence-electron chi connectivity index (χ0n) is 12.2. The fourth-order valence-corrected chi connectivity index (χ4v) is 3.61. The molecular formula is C17H20BrNS. The van der Waals surface area contributed by atoms with Gasteiger partial charge in [-0.1, -0.05) is 36.9 Å². The molecule has 0 saturated carbocycles. The summed E-state index contributed by atoms with van der Waals surface area (Å²) in [5, 5.41) is 3.35. The molecule has 2 aromatic rings. The Morgan fingerprint density at radius 1 is 1.05 bits per heavy atom. The molecule has 0 heterocycles. The molecule has 0 aliphatic carbocycles. The van der Waals surface area contributed by atoms with Crippen LogP contribution < -0.4 is 5.32 Å². The second kappa shape index (κ2) is 7.30. The van der Waals surface area contributed by atoms with Crippen LogP contribution in [0.4, 0.5) is 0 Å². The van der Waals surface area contributed by atoms with E-state index in [4.69, 9.17) is 0 Å². The molecule has 0 atom stereocenters. The summed E-state index contributed by atoms with van der Waals surface area (Å²) in [7, 11) is 0. The number of hydrogen-bond acceptors (Lipinski definition) is 2. The van der Waals surface area contributed by atoms with Crippen molar-refractivity contribution in [2.75, 3.05) is 6.54 Å². The van der Waals surface area contributed by atoms with Gasteiger partial charge in [-0.05, 0) is 71.2 Å². The maximum absolute atomic E-state index is 3.69. The van der Waals surface area contributed by atoms with Gasteiger partial charge in [-0.3, -0.25) is 0 Å². The molecular weight excluding hydrogens is 330 g/mol. The Kier molecular flexibility index (Phi) is 5.70. The topological polar surface area (TPSA) is 12.0 Å². The molecule has 2 aromatic carbocycles. The summed E-state index contributed by atoms with van der Waals surface area (Å²) in [6.07, 6.45) is 0. The number of nitrogens with one attached hydrogen (secondary N) is 1. The van der Waals surface area contributed by atoms with Crippen molar-refractivity contribution in [1.82, 2.24) is 5.32 Å². The van der Waals surface area contributed by atoms with Gasteiger partial charge in [0.25, 0.3) is 0 Å². The average molecular weight is 350 g/mol. The smallest absolute Gasteiger partial charge is 0.0318 e. The van der Waals surface area contributed by atoms with Gasteiger partial charge in [-0.25, -0.2) is 0 Å². The van der Waals surface area contributed by atoms with Crippen molar-refractivity contribution in [3.63, 3.8) is 0 Å². The van der Waals surface area contributed by atoms with Crippen LogP contribution >= 0.6 is 27.7 Å². The lowest BCUT2D eigenvalue weighted by Crippen LogP contribution is -2.11. The molecule has 0 aliphatic heterocycles. The van der Waals surface area contributed by atoms with Gasteiger partial charge in [-0.2, -0.15) is 0 Å². The monoisotopic (exact) mass is 349 g/mol. The van der Waals surface area contributed by atoms with Crippen LogP contribution in [0.2, 0.25) is 0 Å². The summed E-state index contributed by atoms with van der Waals surface area (Å²) in [4.78, 5) is 2.59. The summed E-state index contributed by atoms with van der Waals surface area (Å²) in [6.45, 7) is 8.34. The predicted octanol–water partition coefficient (Wildman–Crippen LogP) is 5.33. The highest BCUT2D eigenvalue weighted by molar-refractivity contribution is 9.10. The minimum Gasteiger partial charge on any atom is -0.313 e. The van der Waals surface area contributed by atoms with Crippen molar-refractivity contribution in [2.45, 2.75) is 37.1 Å². The van der Waals surface area contributed by atoms with Gasteiger partial charge in [0.05, 0.1) is 0 Å². The van der Waals surface area contributed by atoms with Gasteiger partial charge in [0.2, 0.25) is 0 Å². The maximum Gasteiger partial charge on any atom is 0.0318 e. The normalized spacial score (nSPS) is 10.8. The first-order chi connectivity index (χ1) is 9.60. The molecule has 0 radical (unpaired) electrons. The molecule has 0 amide bonds. The summed E-state index contributed by atoms with van der Waals surface area (Å²) < 4.78 is 1.17. The summed E-state index contributed by atoms with van der Waals surface area (Å²) >= 11 is 5.51. The lowest BCUT2D eigenvalue weighted by atomic mass is 10.2. The molecule has 0 aliphatic rings. The molecule has 0 unspecified atom stereocenters. The Balaban J connectivity index is 2.19. The Morgan fingerprint density at radius 2 is 1.85 bits per heavy atom. The van der Waals surface area contributed by atoms with Crippen molar-refractivity contribution in [1.29, 1.82) is 0 Å². The number of rotatable bonds is 5. The number of hydrogen-bond donors (Lipinski definition) is 1. The van der Waals surface area contributed by atoms with Crippen LogP contribution in [0.5, 0.6) is 0 Å². The molecule has 0 bridgehead atoms. The van der Waals surface area contributed by atoms with E-state index in [0.717, 1.165) is 13.1 Å². The first-order valence-corrected chi connectivity index (χ1v) is 8.45. The fraction of sp³-hybridized carbons (Fsp3) is 0.294. The highest BCUT2D eigenvalue weighted by Crippen LogP contribution is 2.36. The van der Waals surface area contributed by atoms with Crippen molar-refractivity contribution in [3.05, 3.63) is 57.6 Å². The SMILES string of the molecule is CCNCc1ccc(Sc2cc(C)ccc2C)c(Br)c1. The second-order valence-electron chi connectivity index (χ2n) is 4.92. The standard InChI is InChI=1S/C17H20BrNS/c1-4-19-11-14-7-8-16(15(18)10-14)20-17-9-12(2)5-6-13(17)3/h5-10,19H,4,11H2,1-3H3. The Bertz CT molecular complexity index is 596. The number of benzene rings is 2. The molecule has 0 fully saturated rings. The first-order valence-electron chi connectivity index (χ1n) is 6.84. The first kappa shape index (κ1) is 15.6. The Labute approximate surface area is 134 Å². The van der Waals surface area contributed by atoms with Gasteiger partial charge >= 0.3 is 0 Å². The Hall–Kier alpha value is -0.770. The molecule has 2 rings (SSSR count). The van der Waals surface area contributed by atoms with Crippen LogP contribution in [0.15, 0.2) is 50.7 Å². The number of aryl methyl sites for hydroxylation is 2. The Morgan fingerprint density at radius 3 is 2.55 bits per heavy atom. The minimum atomic E-state index is 0.920. The molecule has 0 saturated heterocycles. The van der Waals surface area contributed by atoms with Crippen molar-refractivity contribution in [2.24, 2.45) is 0 Å². The minimum absolute atomic E-state index is 0.920. The average Bonchev–Trinajstić information content (AvgIpc) is 2.43. The van der Waals surface area contributed by atoms with Crippen molar-refractivity contribution < 1.29 is 0 Å². The summed E-state index contributed by atoms with van der Waals surface area (Å²) in [6, 6.07) is 13.2. The molecule has 0 aromatic heterocycles. The van der Waals surface area contributed by atoms with Crippen LogP contribution in [0.25, 0.3) is 0 Å². The van der Waals surface area contributed by atoms with Crippen LogP contribution in [0.3, 0.4) is 0 Å². The van der Waals surface area contributed by atoms with Crippen LogP contribution in [-0.4, -0.2) is 6.54 Å². The number of halogens is 1. The largest absolute Gasteiger partial charge is 0.313 e. The molecule has 20 heavy (non-hydrogen) atoms. The van der Waals surface area contributed by atoms with Gasteiger partial charge in [0, 0.05) is 20.8 Å². The zero-order valence-corrected chi connectivity index (χ0v) is 14.6. The third-order valence-electron chi connectivity index (χ3n) is 3.14. The van der Waals surface area contributed by atoms with E-state index in [1.807, 2.05) is 11.8 Å². The predicted molar refractivity (Wildman–Crippen MR) is 91.6 cm³/mol. The molecule has 1 N–H and O–H groups in total. The fourth-order valence-electron chi connectivity index (χ4n) is 1.94. The van der Waals surface area contributed by atoms with E-state index < -0.39 is 0 Å². The molecule has 1 nitrogen and oxygen atoms in total. The van der Waals surface area contributed by atoms with E-state index >= 15 is 0 Å². The maximum atomic E-state index is 3.69. The van der Waals surface area contributed by atoms with Crippen LogP contribution in [0.1, 0.15) is 23.6 Å². The van der Waals surface area contributed by atoms with Gasteiger partial charge in [-0.15, -0.1) is 0 Å². The van der Waals surface area contributed by atoms with E-state index in [1.165, 1.54) is 31.0 Å². The van der Waals surface area contributed by atoms with Gasteiger partial charge in [0.15, 0.2) is 0 Å². The molecule has 106 valence electrons. The molecule has 3 heteroatoms. The quantitative estimate of drug-likeness (QED) is 0.783. The van der Waals surface area contributed by atoms with E-state index in [9.17, 15) is 0 Å². The molecule has 0 spiro atoms. The van der Waals surface area contributed by atoms with Crippen molar-refractivity contribution >= 4 is 27.7 Å². The highest BCUT2D eigenvalue weighted by Gasteiger charge is 2.06. The van der Waals surface area contributed by atoms with E-state index in [-0.39, 0.29) is 0 Å². The third kappa shape index (κ3) is 4.11. The van der Waals surface area contributed by atoms with Crippen molar-refractivity contribution in [3.8, 4) is 0 Å². The van der Waals surface area contributed by atoms with Crippen LogP contribution in [0, 0.1) is 13.8 Å². The van der Waals surface area contributed by atoms with Gasteiger partial charge in [0.1, 0.15) is 0 Å². The summed E-state index contributed by atoms with van der Waals surface area (Å²) in [5.74, 6) is 0. The van der Waals surface area contributed by atoms with E-state index in [2.05, 4.69) is 78.4 Å². The highest BCUT2D eigenvalue weighted by atomic mass is 79.9.